The van der Waals surface area contributed by atoms with E-state index in [1.165, 1.54) is 6.07 Å². The first-order chi connectivity index (χ1) is 9.20. The van der Waals surface area contributed by atoms with Gasteiger partial charge in [-0.1, -0.05) is 17.7 Å². The molecule has 0 spiro atoms. The summed E-state index contributed by atoms with van der Waals surface area (Å²) in [5, 5.41) is 9.44. The highest BCUT2D eigenvalue weighted by Gasteiger charge is 2.42. The van der Waals surface area contributed by atoms with E-state index in [0.29, 0.717) is 18.7 Å². The molecule has 0 saturated carbocycles. The fourth-order valence-corrected chi connectivity index (χ4v) is 2.86. The minimum absolute atomic E-state index is 0.108. The monoisotopic (exact) mass is 279 g/mol. The molecule has 0 aliphatic carbocycles. The Labute approximate surface area is 119 Å². The van der Waals surface area contributed by atoms with Gasteiger partial charge in [-0.15, -0.1) is 0 Å². The molecule has 1 N–H and O–H groups in total. The molecule has 20 heavy (non-hydrogen) atoms. The zero-order chi connectivity index (χ0) is 15.1. The summed E-state index contributed by atoms with van der Waals surface area (Å²) in [7, 11) is 0. The minimum Gasteiger partial charge on any atom is -0.481 e. The lowest BCUT2D eigenvalue weighted by molar-refractivity contribution is -0.141. The second-order valence-corrected chi connectivity index (χ2v) is 6.65. The lowest BCUT2D eigenvalue weighted by Crippen LogP contribution is -2.40. The molecule has 1 aliphatic heterocycles. The highest BCUT2D eigenvalue weighted by molar-refractivity contribution is 5.72. The Morgan fingerprint density at radius 3 is 2.55 bits per heavy atom. The van der Waals surface area contributed by atoms with Crippen molar-refractivity contribution < 1.29 is 14.3 Å². The van der Waals surface area contributed by atoms with Crippen molar-refractivity contribution in [3.05, 3.63) is 35.1 Å². The number of hydrogen-bond acceptors (Lipinski definition) is 2. The Balaban J connectivity index is 2.38. The van der Waals surface area contributed by atoms with Crippen LogP contribution in [0.15, 0.2) is 18.2 Å². The number of carboxylic acid groups (broad SMARTS) is 1. The molecule has 4 heteroatoms. The molecule has 0 amide bonds. The van der Waals surface area contributed by atoms with E-state index in [0.717, 1.165) is 5.56 Å². The fourth-order valence-electron chi connectivity index (χ4n) is 2.86. The van der Waals surface area contributed by atoms with Crippen LogP contribution in [0.4, 0.5) is 4.39 Å². The van der Waals surface area contributed by atoms with Gasteiger partial charge in [0, 0.05) is 24.5 Å². The van der Waals surface area contributed by atoms with Crippen molar-refractivity contribution in [2.24, 2.45) is 5.92 Å². The molecule has 110 valence electrons. The summed E-state index contributed by atoms with van der Waals surface area (Å²) in [6, 6.07) is 4.93. The molecule has 2 atom stereocenters. The van der Waals surface area contributed by atoms with Gasteiger partial charge in [0.1, 0.15) is 5.82 Å². The maximum Gasteiger partial charge on any atom is 0.308 e. The van der Waals surface area contributed by atoms with Gasteiger partial charge in [-0.05, 0) is 39.3 Å². The zero-order valence-corrected chi connectivity index (χ0v) is 12.5. The Hall–Kier alpha value is -1.42. The first-order valence-electron chi connectivity index (χ1n) is 6.94. The Morgan fingerprint density at radius 1 is 1.35 bits per heavy atom. The molecule has 0 aromatic heterocycles. The third-order valence-corrected chi connectivity index (χ3v) is 4.14. The number of likely N-dealkylation sites (tertiary alicyclic amines) is 1. The molecule has 2 rings (SSSR count). The second kappa shape index (κ2) is 5.17. The molecule has 3 nitrogen and oxygen atoms in total. The van der Waals surface area contributed by atoms with E-state index in [2.05, 4.69) is 25.7 Å². The summed E-state index contributed by atoms with van der Waals surface area (Å²) >= 11 is 0. The number of carbonyl (C=O) groups is 1. The molecule has 1 saturated heterocycles. The molecular formula is C16H22FNO2. The third kappa shape index (κ3) is 2.85. The van der Waals surface area contributed by atoms with Gasteiger partial charge >= 0.3 is 5.97 Å². The number of aliphatic carboxylic acids is 1. The summed E-state index contributed by atoms with van der Waals surface area (Å²) in [6.45, 7) is 9.12. The smallest absolute Gasteiger partial charge is 0.308 e. The van der Waals surface area contributed by atoms with Crippen molar-refractivity contribution in [3.8, 4) is 0 Å². The van der Waals surface area contributed by atoms with Gasteiger partial charge in [0.25, 0.3) is 0 Å². The molecule has 1 aliphatic rings. The topological polar surface area (TPSA) is 40.5 Å². The quantitative estimate of drug-likeness (QED) is 0.904. The highest BCUT2D eigenvalue weighted by atomic mass is 19.1. The maximum atomic E-state index is 14.1. The number of hydrogen-bond donors (Lipinski definition) is 1. The van der Waals surface area contributed by atoms with Gasteiger partial charge < -0.3 is 5.11 Å². The lowest BCUT2D eigenvalue weighted by atomic mass is 9.88. The number of nitrogens with zero attached hydrogens (tertiary/aromatic N) is 1. The number of benzene rings is 1. The summed E-state index contributed by atoms with van der Waals surface area (Å²) in [5.41, 5.74) is 1.38. The standard InChI is InChI=1S/C16H22FNO2/c1-10-5-6-14(17)11(7-10)12-8-18(16(2,3)4)9-13(12)15(19)20/h5-7,12-13H,8-9H2,1-4H3,(H,19,20)/t12-,13+/m0/s1. The first kappa shape index (κ1) is 15.0. The average molecular weight is 279 g/mol. The van der Waals surface area contributed by atoms with E-state index < -0.39 is 11.9 Å². The number of aryl methyl sites for hydroxylation is 1. The predicted octanol–water partition coefficient (Wildman–Crippen LogP) is 3.03. The van der Waals surface area contributed by atoms with Crippen LogP contribution in [-0.2, 0) is 4.79 Å². The van der Waals surface area contributed by atoms with Crippen molar-refractivity contribution in [2.45, 2.75) is 39.2 Å². The van der Waals surface area contributed by atoms with E-state index >= 15 is 0 Å². The van der Waals surface area contributed by atoms with Crippen LogP contribution < -0.4 is 0 Å². The highest BCUT2D eigenvalue weighted by Crippen LogP contribution is 2.37. The molecule has 0 unspecified atom stereocenters. The van der Waals surface area contributed by atoms with Crippen LogP contribution in [0.5, 0.6) is 0 Å². The molecule has 0 radical (unpaired) electrons. The normalized spacial score (nSPS) is 24.1. The van der Waals surface area contributed by atoms with Crippen LogP contribution >= 0.6 is 0 Å². The van der Waals surface area contributed by atoms with Crippen molar-refractivity contribution in [3.63, 3.8) is 0 Å². The van der Waals surface area contributed by atoms with Crippen LogP contribution in [0.25, 0.3) is 0 Å². The molecule has 1 fully saturated rings. The molecule has 0 bridgehead atoms. The van der Waals surface area contributed by atoms with E-state index in [1.54, 1.807) is 12.1 Å². The summed E-state index contributed by atoms with van der Waals surface area (Å²) in [6.07, 6.45) is 0. The van der Waals surface area contributed by atoms with Crippen LogP contribution in [0, 0.1) is 18.7 Å². The van der Waals surface area contributed by atoms with Gasteiger partial charge in [0.05, 0.1) is 5.92 Å². The van der Waals surface area contributed by atoms with Gasteiger partial charge in [-0.3, -0.25) is 9.69 Å². The van der Waals surface area contributed by atoms with Crippen LogP contribution in [0.1, 0.15) is 37.8 Å². The van der Waals surface area contributed by atoms with Gasteiger partial charge in [-0.25, -0.2) is 4.39 Å². The second-order valence-electron chi connectivity index (χ2n) is 6.65. The SMILES string of the molecule is Cc1ccc(F)c([C@@H]2CN(C(C)(C)C)C[C@H]2C(=O)O)c1. The number of halogens is 1. The predicted molar refractivity (Wildman–Crippen MR) is 76.3 cm³/mol. The largest absolute Gasteiger partial charge is 0.481 e. The number of carboxylic acids is 1. The van der Waals surface area contributed by atoms with Crippen LogP contribution in [0.2, 0.25) is 0 Å². The molecule has 1 aromatic rings. The summed E-state index contributed by atoms with van der Waals surface area (Å²) in [5.74, 6) is -1.98. The van der Waals surface area contributed by atoms with Crippen molar-refractivity contribution in [1.82, 2.24) is 4.90 Å². The zero-order valence-electron chi connectivity index (χ0n) is 12.5. The van der Waals surface area contributed by atoms with Crippen LogP contribution in [-0.4, -0.2) is 34.6 Å². The van der Waals surface area contributed by atoms with E-state index in [9.17, 15) is 14.3 Å². The summed E-state index contributed by atoms with van der Waals surface area (Å²) < 4.78 is 14.1. The van der Waals surface area contributed by atoms with Gasteiger partial charge in [-0.2, -0.15) is 0 Å². The van der Waals surface area contributed by atoms with Crippen LogP contribution in [0.3, 0.4) is 0 Å². The molecule has 1 aromatic carbocycles. The number of rotatable bonds is 2. The van der Waals surface area contributed by atoms with E-state index in [1.807, 2.05) is 6.92 Å². The molecule has 1 heterocycles. The van der Waals surface area contributed by atoms with Crippen molar-refractivity contribution in [2.75, 3.05) is 13.1 Å². The summed E-state index contributed by atoms with van der Waals surface area (Å²) in [4.78, 5) is 13.6. The molecular weight excluding hydrogens is 257 g/mol. The Morgan fingerprint density at radius 2 is 2.00 bits per heavy atom. The van der Waals surface area contributed by atoms with Gasteiger partial charge in [0.2, 0.25) is 0 Å². The minimum atomic E-state index is -0.845. The fraction of sp³-hybridized carbons (Fsp3) is 0.562. The average Bonchev–Trinajstić information content (AvgIpc) is 2.77. The lowest BCUT2D eigenvalue weighted by Gasteiger charge is -2.31. The third-order valence-electron chi connectivity index (χ3n) is 4.14. The van der Waals surface area contributed by atoms with E-state index in [-0.39, 0.29) is 17.3 Å². The first-order valence-corrected chi connectivity index (χ1v) is 6.94. The Kier molecular flexibility index (Phi) is 3.87. The van der Waals surface area contributed by atoms with Gasteiger partial charge in [0.15, 0.2) is 0 Å². The van der Waals surface area contributed by atoms with E-state index in [4.69, 9.17) is 0 Å². The van der Waals surface area contributed by atoms with Crippen molar-refractivity contribution in [1.29, 1.82) is 0 Å². The maximum absolute atomic E-state index is 14.1. The van der Waals surface area contributed by atoms with Crippen molar-refractivity contribution >= 4 is 5.97 Å². The Bertz CT molecular complexity index is 522.